The fraction of sp³-hybridized carbons (Fsp3) is 0.172. The van der Waals surface area contributed by atoms with Gasteiger partial charge < -0.3 is 29.4 Å². The van der Waals surface area contributed by atoms with Crippen LogP contribution in [0, 0.1) is 11.3 Å². The summed E-state index contributed by atoms with van der Waals surface area (Å²) in [4.78, 5) is 12.7. The first kappa shape index (κ1) is 25.2. The molecule has 0 spiro atoms. The molecule has 0 saturated heterocycles. The summed E-state index contributed by atoms with van der Waals surface area (Å²) in [5.74, 6) is 1.33. The van der Waals surface area contributed by atoms with Crippen LogP contribution < -0.4 is 29.4 Å². The summed E-state index contributed by atoms with van der Waals surface area (Å²) >= 11 is 0. The number of nitriles is 1. The number of esters is 1. The van der Waals surface area contributed by atoms with E-state index in [1.807, 2.05) is 19.1 Å². The molecule has 37 heavy (non-hydrogen) atoms. The molecular formula is C29H26N2O6. The quantitative estimate of drug-likeness (QED) is 0.246. The second-order valence-corrected chi connectivity index (χ2v) is 7.98. The molecule has 3 aromatic carbocycles. The topological polar surface area (TPSA) is 113 Å². The molecule has 0 aromatic heterocycles. The highest BCUT2D eigenvalue weighted by Gasteiger charge is 2.31. The van der Waals surface area contributed by atoms with Crippen LogP contribution in [0.3, 0.4) is 0 Å². The number of nitrogens with two attached hydrogens (primary N) is 1. The number of carbonyl (C=O) groups excluding carboxylic acids is 1. The van der Waals surface area contributed by atoms with Crippen molar-refractivity contribution in [2.75, 3.05) is 20.3 Å². The summed E-state index contributed by atoms with van der Waals surface area (Å²) in [7, 11) is 1.55. The first-order valence-electron chi connectivity index (χ1n) is 11.6. The van der Waals surface area contributed by atoms with E-state index in [2.05, 4.69) is 12.6 Å². The van der Waals surface area contributed by atoms with Gasteiger partial charge in [-0.05, 0) is 55.0 Å². The van der Waals surface area contributed by atoms with Crippen LogP contribution in [0.1, 0.15) is 34.3 Å². The van der Waals surface area contributed by atoms with Gasteiger partial charge in [-0.3, -0.25) is 0 Å². The fourth-order valence-electron chi connectivity index (χ4n) is 3.99. The van der Waals surface area contributed by atoms with Crippen molar-refractivity contribution in [1.82, 2.24) is 0 Å². The van der Waals surface area contributed by atoms with Crippen LogP contribution in [0.4, 0.5) is 0 Å². The van der Waals surface area contributed by atoms with Crippen LogP contribution in [0.25, 0.3) is 0 Å². The number of methoxy groups -OCH3 is 1. The maximum atomic E-state index is 12.7. The fourth-order valence-corrected chi connectivity index (χ4v) is 3.99. The van der Waals surface area contributed by atoms with Crippen molar-refractivity contribution in [2.24, 2.45) is 5.73 Å². The Morgan fingerprint density at radius 2 is 1.84 bits per heavy atom. The number of nitrogens with zero attached hydrogens (tertiary/aromatic N) is 1. The number of hydrogen-bond acceptors (Lipinski definition) is 8. The Hall–Kier alpha value is -4.90. The van der Waals surface area contributed by atoms with Crippen LogP contribution in [0.2, 0.25) is 0 Å². The molecule has 0 bridgehead atoms. The molecule has 0 aliphatic carbocycles. The lowest BCUT2D eigenvalue weighted by molar-refractivity contribution is 0.0734. The van der Waals surface area contributed by atoms with Crippen molar-refractivity contribution in [2.45, 2.75) is 12.8 Å². The van der Waals surface area contributed by atoms with Gasteiger partial charge in [-0.25, -0.2) is 4.79 Å². The molecule has 1 unspecified atom stereocenters. The molecule has 188 valence electrons. The summed E-state index contributed by atoms with van der Waals surface area (Å²) in [5.41, 5.74) is 8.21. The zero-order valence-corrected chi connectivity index (χ0v) is 20.5. The van der Waals surface area contributed by atoms with E-state index in [1.165, 1.54) is 0 Å². The highest BCUT2D eigenvalue weighted by Crippen LogP contribution is 2.45. The summed E-state index contributed by atoms with van der Waals surface area (Å²) < 4.78 is 27.9. The van der Waals surface area contributed by atoms with Gasteiger partial charge in [-0.1, -0.05) is 24.8 Å². The smallest absolute Gasteiger partial charge is 0.343 e. The number of allylic oxidation sites excluding steroid dienone is 1. The van der Waals surface area contributed by atoms with Gasteiger partial charge >= 0.3 is 5.97 Å². The van der Waals surface area contributed by atoms with Crippen molar-refractivity contribution in [1.29, 1.82) is 5.26 Å². The van der Waals surface area contributed by atoms with Crippen molar-refractivity contribution >= 4 is 5.97 Å². The summed E-state index contributed by atoms with van der Waals surface area (Å²) in [6.45, 7) is 6.35. The molecule has 3 aromatic rings. The van der Waals surface area contributed by atoms with E-state index in [1.54, 1.807) is 61.7 Å². The molecule has 8 nitrogen and oxygen atoms in total. The van der Waals surface area contributed by atoms with Gasteiger partial charge in [-0.15, -0.1) is 0 Å². The van der Waals surface area contributed by atoms with Gasteiger partial charge in [0.25, 0.3) is 0 Å². The Morgan fingerprint density at radius 1 is 1.08 bits per heavy atom. The molecule has 1 atom stereocenters. The van der Waals surface area contributed by atoms with Crippen LogP contribution in [0.5, 0.6) is 28.7 Å². The minimum atomic E-state index is -0.542. The Morgan fingerprint density at radius 3 is 2.51 bits per heavy atom. The zero-order chi connectivity index (χ0) is 26.4. The number of carbonyl (C=O) groups is 1. The first-order valence-corrected chi connectivity index (χ1v) is 11.6. The van der Waals surface area contributed by atoms with Crippen molar-refractivity contribution in [3.63, 3.8) is 0 Å². The number of fused-ring (bicyclic) bond motifs is 1. The van der Waals surface area contributed by atoms with Crippen molar-refractivity contribution in [3.8, 4) is 34.8 Å². The molecule has 0 radical (unpaired) electrons. The second-order valence-electron chi connectivity index (χ2n) is 7.98. The minimum Gasteiger partial charge on any atom is -0.493 e. The predicted molar refractivity (Wildman–Crippen MR) is 137 cm³/mol. The molecular weight excluding hydrogens is 472 g/mol. The monoisotopic (exact) mass is 498 g/mol. The molecule has 1 heterocycles. The van der Waals surface area contributed by atoms with E-state index in [0.717, 1.165) is 5.56 Å². The van der Waals surface area contributed by atoms with E-state index in [4.69, 9.17) is 29.4 Å². The maximum absolute atomic E-state index is 12.7. The van der Waals surface area contributed by atoms with Gasteiger partial charge in [0, 0.05) is 11.6 Å². The normalized spacial score (nSPS) is 14.0. The van der Waals surface area contributed by atoms with Gasteiger partial charge in [0.2, 0.25) is 5.88 Å². The lowest BCUT2D eigenvalue weighted by Gasteiger charge is -2.27. The summed E-state index contributed by atoms with van der Waals surface area (Å²) in [6.07, 6.45) is 1.64. The average molecular weight is 499 g/mol. The molecule has 0 saturated carbocycles. The highest BCUT2D eigenvalue weighted by atomic mass is 16.5. The van der Waals surface area contributed by atoms with Crippen LogP contribution in [0.15, 0.2) is 84.8 Å². The largest absolute Gasteiger partial charge is 0.493 e. The van der Waals surface area contributed by atoms with E-state index in [-0.39, 0.29) is 17.2 Å². The Balaban J connectivity index is 1.62. The Kier molecular flexibility index (Phi) is 7.65. The Labute approximate surface area is 215 Å². The van der Waals surface area contributed by atoms with Crippen LogP contribution in [-0.2, 0) is 0 Å². The molecule has 1 aliphatic rings. The molecule has 8 heteroatoms. The molecule has 2 N–H and O–H groups in total. The zero-order valence-electron chi connectivity index (χ0n) is 20.5. The van der Waals surface area contributed by atoms with Crippen LogP contribution >= 0.6 is 0 Å². The van der Waals surface area contributed by atoms with Crippen LogP contribution in [-0.4, -0.2) is 26.3 Å². The predicted octanol–water partition coefficient (Wildman–Crippen LogP) is 5.10. The third-order valence-electron chi connectivity index (χ3n) is 5.68. The lowest BCUT2D eigenvalue weighted by Crippen LogP contribution is -2.21. The molecule has 4 rings (SSSR count). The summed E-state index contributed by atoms with van der Waals surface area (Å²) in [5, 5.41) is 9.84. The highest BCUT2D eigenvalue weighted by molar-refractivity contribution is 5.91. The van der Waals surface area contributed by atoms with E-state index >= 15 is 0 Å². The number of hydrogen-bond donors (Lipinski definition) is 1. The van der Waals surface area contributed by atoms with Crippen molar-refractivity contribution in [3.05, 3.63) is 101 Å². The minimum absolute atomic E-state index is 0.0218. The van der Waals surface area contributed by atoms with Gasteiger partial charge in [0.15, 0.2) is 11.5 Å². The van der Waals surface area contributed by atoms with Gasteiger partial charge in [0.05, 0.1) is 25.2 Å². The van der Waals surface area contributed by atoms with Gasteiger partial charge in [-0.2, -0.15) is 5.26 Å². The maximum Gasteiger partial charge on any atom is 0.343 e. The number of rotatable bonds is 9. The first-order chi connectivity index (χ1) is 18.0. The van der Waals surface area contributed by atoms with E-state index < -0.39 is 11.9 Å². The second kappa shape index (κ2) is 11.2. The standard InChI is InChI=1S/C29H26N2O6/c1-4-14-35-20-9-6-18(7-10-20)29(32)36-21-11-12-22-25(16-21)37-28(31)23(17-30)27(22)19-8-13-24(34-5-2)26(15-19)33-3/h4,6-13,15-16,27H,1,5,14,31H2,2-3H3. The van der Waals surface area contributed by atoms with E-state index in [0.29, 0.717) is 47.3 Å². The lowest BCUT2D eigenvalue weighted by atomic mass is 9.83. The third-order valence-corrected chi connectivity index (χ3v) is 5.68. The number of benzene rings is 3. The van der Waals surface area contributed by atoms with E-state index in [9.17, 15) is 10.1 Å². The Bertz CT molecular complexity index is 1390. The average Bonchev–Trinajstić information content (AvgIpc) is 2.91. The molecule has 0 fully saturated rings. The van der Waals surface area contributed by atoms with Crippen molar-refractivity contribution < 1.29 is 28.5 Å². The SMILES string of the molecule is C=CCOc1ccc(C(=O)Oc2ccc3c(c2)OC(N)=C(C#N)C3c2ccc(OCC)c(OC)c2)cc1. The summed E-state index contributed by atoms with van der Waals surface area (Å²) in [6, 6.07) is 19.2. The third kappa shape index (κ3) is 5.36. The molecule has 1 aliphatic heterocycles. The molecule has 0 amide bonds. The van der Waals surface area contributed by atoms with Gasteiger partial charge in [0.1, 0.15) is 35.5 Å². The number of ether oxygens (including phenoxy) is 5.